The van der Waals surface area contributed by atoms with Gasteiger partial charge < -0.3 is 24.5 Å². The molecule has 2 heterocycles. The molecule has 0 aliphatic rings. The maximum Gasteiger partial charge on any atom is 0.408 e. The summed E-state index contributed by atoms with van der Waals surface area (Å²) in [5, 5.41) is 4.82. The number of nitrogens with two attached hydrogens (primary N) is 1. The molecule has 0 spiro atoms. The van der Waals surface area contributed by atoms with E-state index < -0.39 is 43.6 Å². The highest BCUT2D eigenvalue weighted by Crippen LogP contribution is 2.47. The van der Waals surface area contributed by atoms with Crippen LogP contribution in [-0.4, -0.2) is 63.4 Å². The van der Waals surface area contributed by atoms with Crippen molar-refractivity contribution < 1.29 is 36.7 Å². The van der Waals surface area contributed by atoms with Gasteiger partial charge in [-0.3, -0.25) is 9.36 Å². The number of hydrogen-bond donors (Lipinski definition) is 3. The molecule has 2 aromatic heterocycles. The normalized spacial score (nSPS) is 15.3. The predicted molar refractivity (Wildman–Crippen MR) is 146 cm³/mol. The molecule has 0 fully saturated rings. The van der Waals surface area contributed by atoms with Crippen molar-refractivity contribution in [1.82, 2.24) is 29.7 Å². The van der Waals surface area contributed by atoms with E-state index in [4.69, 9.17) is 19.9 Å². The minimum absolute atomic E-state index is 0.0944. The largest absolute Gasteiger partial charge is 0.497 e. The second kappa shape index (κ2) is 13.1. The topological polar surface area (TPSA) is 156 Å². The van der Waals surface area contributed by atoms with Crippen molar-refractivity contribution in [3.05, 3.63) is 42.5 Å². The lowest BCUT2D eigenvalue weighted by atomic mass is 10.1. The van der Waals surface area contributed by atoms with Gasteiger partial charge in [-0.05, 0) is 44.9 Å². The standard InChI is InChI=1S/C25H35F3N7O5P/c1-6-10-39-23(36)24(3,4)34-41(37,33-20(25(26,27)28)17-8-7-9-18(11-17)38-5)15-40-16(2)12-35-14-32-19-21(29)30-13-31-22(19)35/h7-9,11,13-14,16,20H,6,10,12,15H2,1-5H3,(H2,29,30,31)(H2,33,34,37)/t16-,20-,41?/m0/s1. The van der Waals surface area contributed by atoms with E-state index in [1.54, 1.807) is 18.4 Å². The van der Waals surface area contributed by atoms with E-state index in [0.29, 0.717) is 17.6 Å². The first kappa shape index (κ1) is 32.3. The molecule has 0 saturated heterocycles. The number of nitrogens with zero attached hydrogens (tertiary/aromatic N) is 4. The monoisotopic (exact) mass is 601 g/mol. The van der Waals surface area contributed by atoms with Crippen LogP contribution in [0, 0.1) is 0 Å². The molecule has 3 aromatic rings. The first-order valence-electron chi connectivity index (χ1n) is 12.8. The summed E-state index contributed by atoms with van der Waals surface area (Å²) in [5.41, 5.74) is 4.79. The van der Waals surface area contributed by atoms with Crippen molar-refractivity contribution in [1.29, 1.82) is 0 Å². The van der Waals surface area contributed by atoms with Crippen LogP contribution in [0.2, 0.25) is 0 Å². The molecule has 0 amide bonds. The summed E-state index contributed by atoms with van der Waals surface area (Å²) in [4.78, 5) is 24.9. The highest BCUT2D eigenvalue weighted by atomic mass is 31.2. The number of alkyl halides is 3. The first-order chi connectivity index (χ1) is 19.2. The number of rotatable bonds is 14. The Hall–Kier alpha value is -3.26. The van der Waals surface area contributed by atoms with E-state index in [0.717, 1.165) is 0 Å². The summed E-state index contributed by atoms with van der Waals surface area (Å²) >= 11 is 0. The molecule has 0 radical (unpaired) electrons. The molecule has 16 heteroatoms. The van der Waals surface area contributed by atoms with Crippen molar-refractivity contribution in [3.63, 3.8) is 0 Å². The Balaban J connectivity index is 1.89. The Kier molecular flexibility index (Phi) is 10.3. The minimum Gasteiger partial charge on any atom is -0.497 e. The van der Waals surface area contributed by atoms with Gasteiger partial charge in [0.25, 0.3) is 0 Å². The van der Waals surface area contributed by atoms with E-state index >= 15 is 0 Å². The van der Waals surface area contributed by atoms with Crippen LogP contribution in [-0.2, 0) is 25.4 Å². The number of fused-ring (bicyclic) bond motifs is 1. The fourth-order valence-electron chi connectivity index (χ4n) is 3.93. The number of carbonyl (C=O) groups excluding carboxylic acids is 1. The second-order valence-corrected chi connectivity index (χ2v) is 12.1. The lowest BCUT2D eigenvalue weighted by Crippen LogP contribution is -2.50. The highest BCUT2D eigenvalue weighted by Gasteiger charge is 2.47. The predicted octanol–water partition coefficient (Wildman–Crippen LogP) is 4.19. The molecule has 3 atom stereocenters. The van der Waals surface area contributed by atoms with Gasteiger partial charge in [-0.1, -0.05) is 19.1 Å². The molecule has 226 valence electrons. The fourth-order valence-corrected chi connectivity index (χ4v) is 6.31. The van der Waals surface area contributed by atoms with E-state index in [1.165, 1.54) is 57.9 Å². The number of methoxy groups -OCH3 is 1. The molecule has 1 unspecified atom stereocenters. The van der Waals surface area contributed by atoms with E-state index in [2.05, 4.69) is 25.1 Å². The van der Waals surface area contributed by atoms with Crippen LogP contribution in [0.3, 0.4) is 0 Å². The quantitative estimate of drug-likeness (QED) is 0.180. The van der Waals surface area contributed by atoms with Crippen LogP contribution in [0.5, 0.6) is 5.75 Å². The van der Waals surface area contributed by atoms with Gasteiger partial charge in [0.15, 0.2) is 11.5 Å². The van der Waals surface area contributed by atoms with Gasteiger partial charge in [-0.15, -0.1) is 0 Å². The van der Waals surface area contributed by atoms with Gasteiger partial charge in [-0.25, -0.2) is 25.1 Å². The number of imidazole rings is 1. The summed E-state index contributed by atoms with van der Waals surface area (Å²) in [6, 6.07) is 2.93. The van der Waals surface area contributed by atoms with E-state index in [-0.39, 0.29) is 30.3 Å². The second-order valence-electron chi connectivity index (χ2n) is 9.93. The molecular formula is C25H35F3N7O5P. The molecule has 41 heavy (non-hydrogen) atoms. The number of aromatic nitrogens is 4. The summed E-state index contributed by atoms with van der Waals surface area (Å²) in [7, 11) is -3.00. The molecule has 0 aliphatic heterocycles. The van der Waals surface area contributed by atoms with E-state index in [9.17, 15) is 22.5 Å². The average Bonchev–Trinajstić information content (AvgIpc) is 3.32. The third kappa shape index (κ3) is 8.38. The zero-order valence-electron chi connectivity index (χ0n) is 23.4. The number of ether oxygens (including phenoxy) is 3. The Morgan fingerprint density at radius 2 is 1.95 bits per heavy atom. The smallest absolute Gasteiger partial charge is 0.408 e. The third-order valence-electron chi connectivity index (χ3n) is 5.92. The van der Waals surface area contributed by atoms with Crippen LogP contribution in [0.1, 0.15) is 45.7 Å². The third-order valence-corrected chi connectivity index (χ3v) is 8.03. The lowest BCUT2D eigenvalue weighted by Gasteiger charge is -2.34. The Morgan fingerprint density at radius 3 is 2.61 bits per heavy atom. The van der Waals surface area contributed by atoms with E-state index in [1.807, 2.05) is 0 Å². The number of carbonyl (C=O) groups is 1. The minimum atomic E-state index is -4.86. The number of hydrogen-bond acceptors (Lipinski definition) is 9. The Bertz CT molecular complexity index is 1390. The molecule has 4 N–H and O–H groups in total. The Labute approximate surface area is 235 Å². The summed E-state index contributed by atoms with van der Waals surface area (Å²) in [5.74, 6) is -0.402. The number of benzene rings is 1. The lowest BCUT2D eigenvalue weighted by molar-refractivity contribution is -0.153. The van der Waals surface area contributed by atoms with Crippen molar-refractivity contribution in [2.45, 2.75) is 64.5 Å². The number of nitrogen functional groups attached to an aromatic ring is 1. The van der Waals surface area contributed by atoms with Crippen molar-refractivity contribution >= 4 is 30.4 Å². The summed E-state index contributed by atoms with van der Waals surface area (Å²) < 4.78 is 74.9. The first-order valence-corrected chi connectivity index (χ1v) is 14.7. The number of nitrogens with one attached hydrogen (secondary N) is 2. The van der Waals surface area contributed by atoms with Gasteiger partial charge in [0.2, 0.25) is 7.44 Å². The van der Waals surface area contributed by atoms with Gasteiger partial charge in [0, 0.05) is 0 Å². The summed E-state index contributed by atoms with van der Waals surface area (Å²) in [6.45, 7) is 6.44. The molecule has 0 bridgehead atoms. The average molecular weight is 602 g/mol. The van der Waals surface area contributed by atoms with Gasteiger partial charge in [-0.2, -0.15) is 13.2 Å². The van der Waals surface area contributed by atoms with Crippen LogP contribution in [0.4, 0.5) is 19.0 Å². The zero-order valence-corrected chi connectivity index (χ0v) is 24.3. The van der Waals surface area contributed by atoms with Gasteiger partial charge in [0.05, 0.1) is 32.7 Å². The van der Waals surface area contributed by atoms with Crippen molar-refractivity contribution in [3.8, 4) is 5.75 Å². The van der Waals surface area contributed by atoms with Gasteiger partial charge in [0.1, 0.15) is 35.5 Å². The number of anilines is 1. The molecule has 0 saturated carbocycles. The molecule has 1 aromatic carbocycles. The number of esters is 1. The number of halogens is 3. The van der Waals surface area contributed by atoms with Crippen molar-refractivity contribution in [2.24, 2.45) is 0 Å². The molecule has 12 nitrogen and oxygen atoms in total. The van der Waals surface area contributed by atoms with Crippen molar-refractivity contribution in [2.75, 3.05) is 25.8 Å². The summed E-state index contributed by atoms with van der Waals surface area (Å²) in [6.07, 6.45) is -2.95. The maximum absolute atomic E-state index is 14.3. The maximum atomic E-state index is 14.3. The zero-order chi connectivity index (χ0) is 30.4. The van der Waals surface area contributed by atoms with Crippen LogP contribution in [0.15, 0.2) is 36.9 Å². The SMILES string of the molecule is CCCOC(=O)C(C)(C)NP(=O)(CO[C@@H](C)Cn1cnc2c(N)ncnc21)N[C@@H](c1cccc(OC)c1)C(F)(F)F. The van der Waals surface area contributed by atoms with Crippen LogP contribution < -0.4 is 20.6 Å². The molecule has 3 rings (SSSR count). The van der Waals surface area contributed by atoms with Crippen LogP contribution >= 0.6 is 7.44 Å². The molecular weight excluding hydrogens is 566 g/mol. The van der Waals surface area contributed by atoms with Gasteiger partial charge >= 0.3 is 12.1 Å². The fraction of sp³-hybridized carbons (Fsp3) is 0.520. The Morgan fingerprint density at radius 1 is 1.22 bits per heavy atom. The molecule has 0 aliphatic carbocycles. The van der Waals surface area contributed by atoms with Crippen LogP contribution in [0.25, 0.3) is 11.2 Å². The highest BCUT2D eigenvalue weighted by molar-refractivity contribution is 7.59.